The van der Waals surface area contributed by atoms with Gasteiger partial charge in [0.25, 0.3) is 11.8 Å². The van der Waals surface area contributed by atoms with Gasteiger partial charge in [0.15, 0.2) is 0 Å². The molecule has 3 aromatic carbocycles. The Hall–Kier alpha value is -3.84. The minimum absolute atomic E-state index is 0.00390. The van der Waals surface area contributed by atoms with Crippen LogP contribution in [0.25, 0.3) is 0 Å². The summed E-state index contributed by atoms with van der Waals surface area (Å²) in [6.07, 6.45) is 3.24. The lowest BCUT2D eigenvalue weighted by Crippen LogP contribution is -2.45. The number of hydrogen-bond donors (Lipinski definition) is 0. The molecule has 212 valence electrons. The number of rotatable bonds is 7. The first-order valence-electron chi connectivity index (χ1n) is 14.1. The summed E-state index contributed by atoms with van der Waals surface area (Å²) >= 11 is 0. The maximum Gasteiger partial charge on any atom is 0.257 e. The van der Waals surface area contributed by atoms with Gasteiger partial charge in [0.05, 0.1) is 18.2 Å². The minimum Gasteiger partial charge on any atom is -0.491 e. The molecule has 1 atom stereocenters. The van der Waals surface area contributed by atoms with Crippen molar-refractivity contribution in [3.8, 4) is 5.75 Å². The number of methoxy groups -OCH3 is 1. The van der Waals surface area contributed by atoms with Crippen molar-refractivity contribution >= 4 is 17.5 Å². The topological polar surface area (TPSA) is 62.3 Å². The molecule has 0 saturated carbocycles. The Balaban J connectivity index is 1.67. The predicted octanol–water partition coefficient (Wildman–Crippen LogP) is 5.16. The van der Waals surface area contributed by atoms with E-state index >= 15 is 0 Å². The summed E-state index contributed by atoms with van der Waals surface area (Å²) in [6, 6.07) is 25.2. The molecule has 0 N–H and O–H groups in total. The van der Waals surface area contributed by atoms with E-state index < -0.39 is 0 Å². The summed E-state index contributed by atoms with van der Waals surface area (Å²) in [6.45, 7) is 2.52. The molecule has 1 aliphatic rings. The Morgan fingerprint density at radius 3 is 2.35 bits per heavy atom. The van der Waals surface area contributed by atoms with Crippen LogP contribution in [0.3, 0.4) is 0 Å². The molecular weight excluding hydrogens is 502 g/mol. The van der Waals surface area contributed by atoms with Crippen molar-refractivity contribution in [3.63, 3.8) is 0 Å². The minimum atomic E-state index is -0.211. The molecule has 0 spiro atoms. The van der Waals surface area contributed by atoms with Crippen LogP contribution >= 0.6 is 0 Å². The van der Waals surface area contributed by atoms with Gasteiger partial charge >= 0.3 is 0 Å². The molecule has 1 aliphatic heterocycles. The van der Waals surface area contributed by atoms with Crippen molar-refractivity contribution < 1.29 is 19.1 Å². The number of fused-ring (bicyclic) bond motifs is 1. The maximum absolute atomic E-state index is 14.0. The number of benzene rings is 3. The van der Waals surface area contributed by atoms with Crippen LogP contribution in [-0.4, -0.2) is 81.7 Å². The van der Waals surface area contributed by atoms with Crippen molar-refractivity contribution in [3.05, 3.63) is 95.6 Å². The van der Waals surface area contributed by atoms with E-state index in [1.165, 1.54) is 0 Å². The first-order chi connectivity index (χ1) is 19.5. The van der Waals surface area contributed by atoms with E-state index in [4.69, 9.17) is 9.47 Å². The molecule has 3 aromatic rings. The van der Waals surface area contributed by atoms with Gasteiger partial charge in [0.2, 0.25) is 0 Å². The van der Waals surface area contributed by atoms with Gasteiger partial charge < -0.3 is 24.2 Å². The van der Waals surface area contributed by atoms with E-state index in [9.17, 15) is 9.59 Å². The van der Waals surface area contributed by atoms with E-state index in [0.717, 1.165) is 30.5 Å². The average molecular weight is 544 g/mol. The van der Waals surface area contributed by atoms with Crippen molar-refractivity contribution in [1.82, 2.24) is 9.80 Å². The lowest BCUT2D eigenvalue weighted by atomic mass is 10.0. The zero-order valence-electron chi connectivity index (χ0n) is 23.9. The summed E-state index contributed by atoms with van der Waals surface area (Å²) in [4.78, 5) is 33.4. The molecule has 0 aliphatic carbocycles. The summed E-state index contributed by atoms with van der Waals surface area (Å²) in [5.41, 5.74) is 3.38. The van der Waals surface area contributed by atoms with Crippen molar-refractivity contribution in [2.45, 2.75) is 31.7 Å². The van der Waals surface area contributed by atoms with Gasteiger partial charge in [-0.15, -0.1) is 0 Å². The lowest BCUT2D eigenvalue weighted by molar-refractivity contribution is 0.0605. The SMILES string of the molecule is COCCN1CCCCCN(C(=O)c2ccc(N(C)C)cc2)[C@@H](Cc2ccccc2)COc2ccccc2C1=O. The van der Waals surface area contributed by atoms with Crippen LogP contribution < -0.4 is 9.64 Å². The number of nitrogens with zero attached hydrogens (tertiary/aromatic N) is 3. The Morgan fingerprint density at radius 1 is 0.925 bits per heavy atom. The zero-order chi connectivity index (χ0) is 28.3. The molecule has 7 nitrogen and oxygen atoms in total. The molecular formula is C33H41N3O4. The monoisotopic (exact) mass is 543 g/mol. The first-order valence-corrected chi connectivity index (χ1v) is 14.1. The van der Waals surface area contributed by atoms with Crippen LogP contribution in [0.4, 0.5) is 5.69 Å². The Labute approximate surface area is 238 Å². The molecule has 0 unspecified atom stereocenters. The Bertz CT molecular complexity index is 1230. The van der Waals surface area contributed by atoms with E-state index in [0.29, 0.717) is 49.5 Å². The normalized spacial score (nSPS) is 16.7. The molecule has 2 amide bonds. The summed E-state index contributed by atoms with van der Waals surface area (Å²) < 4.78 is 11.7. The van der Waals surface area contributed by atoms with Crippen LogP contribution in [-0.2, 0) is 11.2 Å². The van der Waals surface area contributed by atoms with Crippen LogP contribution in [0, 0.1) is 0 Å². The van der Waals surface area contributed by atoms with E-state index in [1.807, 2.05) is 95.5 Å². The average Bonchev–Trinajstić information content (AvgIpc) is 2.99. The molecule has 40 heavy (non-hydrogen) atoms. The van der Waals surface area contributed by atoms with Gasteiger partial charge in [0.1, 0.15) is 12.4 Å². The second-order valence-electron chi connectivity index (χ2n) is 10.4. The quantitative estimate of drug-likeness (QED) is 0.412. The van der Waals surface area contributed by atoms with Crippen LogP contribution in [0.2, 0.25) is 0 Å². The molecule has 0 bridgehead atoms. The number of ether oxygens (including phenoxy) is 2. The second-order valence-corrected chi connectivity index (χ2v) is 10.4. The standard InChI is InChI=1S/C33H41N3O4/c1-34(2)28-18-16-27(17-19-28)32(37)36-21-11-5-10-20-35(22-23-39-3)33(38)30-14-8-9-15-31(30)40-25-29(36)24-26-12-6-4-7-13-26/h4,6-9,12-19,29H,5,10-11,20-25H2,1-3H3/t29-/m0/s1. The molecule has 0 fully saturated rings. The highest BCUT2D eigenvalue weighted by Gasteiger charge is 2.27. The molecule has 0 radical (unpaired) electrons. The highest BCUT2D eigenvalue weighted by molar-refractivity contribution is 5.97. The van der Waals surface area contributed by atoms with Crippen LogP contribution in [0.15, 0.2) is 78.9 Å². The van der Waals surface area contributed by atoms with E-state index in [-0.39, 0.29) is 24.5 Å². The van der Waals surface area contributed by atoms with Gasteiger partial charge in [0, 0.05) is 52.1 Å². The third-order valence-corrected chi connectivity index (χ3v) is 7.37. The lowest BCUT2D eigenvalue weighted by Gasteiger charge is -2.32. The van der Waals surface area contributed by atoms with Crippen LogP contribution in [0.5, 0.6) is 5.75 Å². The first kappa shape index (κ1) is 29.2. The number of carbonyl (C=O) groups excluding carboxylic acids is 2. The van der Waals surface area contributed by atoms with Crippen molar-refractivity contribution in [2.75, 3.05) is 59.0 Å². The maximum atomic E-state index is 14.0. The molecule has 0 aromatic heterocycles. The van der Waals surface area contributed by atoms with Crippen LogP contribution in [0.1, 0.15) is 45.5 Å². The van der Waals surface area contributed by atoms with Crippen molar-refractivity contribution in [2.24, 2.45) is 0 Å². The molecule has 1 heterocycles. The van der Waals surface area contributed by atoms with Gasteiger partial charge in [-0.25, -0.2) is 0 Å². The highest BCUT2D eigenvalue weighted by Crippen LogP contribution is 2.24. The van der Waals surface area contributed by atoms with Gasteiger partial charge in [-0.3, -0.25) is 9.59 Å². The number of para-hydroxylation sites is 1. The third kappa shape index (κ3) is 7.63. The zero-order valence-corrected chi connectivity index (χ0v) is 23.9. The highest BCUT2D eigenvalue weighted by atomic mass is 16.5. The van der Waals surface area contributed by atoms with E-state index in [1.54, 1.807) is 7.11 Å². The number of anilines is 1. The fourth-order valence-electron chi connectivity index (χ4n) is 5.07. The molecule has 7 heteroatoms. The Kier molecular flexibility index (Phi) is 10.6. The second kappa shape index (κ2) is 14.5. The van der Waals surface area contributed by atoms with Gasteiger partial charge in [-0.2, -0.15) is 0 Å². The number of carbonyl (C=O) groups is 2. The summed E-state index contributed by atoms with van der Waals surface area (Å²) in [7, 11) is 5.62. The van der Waals surface area contributed by atoms with Gasteiger partial charge in [-0.1, -0.05) is 42.5 Å². The number of hydrogen-bond acceptors (Lipinski definition) is 5. The fourth-order valence-corrected chi connectivity index (χ4v) is 5.07. The van der Waals surface area contributed by atoms with Gasteiger partial charge in [-0.05, 0) is 67.6 Å². The number of amides is 2. The van der Waals surface area contributed by atoms with Crippen molar-refractivity contribution in [1.29, 1.82) is 0 Å². The largest absolute Gasteiger partial charge is 0.491 e. The summed E-state index contributed by atoms with van der Waals surface area (Å²) in [5.74, 6) is 0.478. The third-order valence-electron chi connectivity index (χ3n) is 7.37. The smallest absolute Gasteiger partial charge is 0.257 e. The fraction of sp³-hybridized carbons (Fsp3) is 0.394. The Morgan fingerprint density at radius 2 is 1.62 bits per heavy atom. The van der Waals surface area contributed by atoms with E-state index in [2.05, 4.69) is 12.1 Å². The summed E-state index contributed by atoms with van der Waals surface area (Å²) in [5, 5.41) is 0. The molecule has 4 rings (SSSR count). The molecule has 0 saturated heterocycles. The predicted molar refractivity (Wildman–Crippen MR) is 159 cm³/mol.